The van der Waals surface area contributed by atoms with Crippen LogP contribution in [-0.4, -0.2) is 30.7 Å². The van der Waals surface area contributed by atoms with Gasteiger partial charge in [0.2, 0.25) is 0 Å². The summed E-state index contributed by atoms with van der Waals surface area (Å²) in [5.41, 5.74) is 0.192. The Hall–Kier alpha value is -2.44. The Kier molecular flexibility index (Phi) is 5.89. The van der Waals surface area contributed by atoms with Crippen molar-refractivity contribution in [1.82, 2.24) is 0 Å². The summed E-state index contributed by atoms with van der Waals surface area (Å²) in [6.45, 7) is -0.557. The zero-order valence-corrected chi connectivity index (χ0v) is 14.0. The third-order valence-corrected chi connectivity index (χ3v) is 3.82. The standard InChI is InChI=1S/C16H13Cl2NO5/c1-23-12-7-2-4-9(15(12)21)16(22)24-8-13(20)19-11-6-3-5-10(17)14(11)18/h2-7,21H,8H2,1H3,(H,19,20). The van der Waals surface area contributed by atoms with E-state index in [-0.39, 0.29) is 27.1 Å². The molecule has 2 aromatic carbocycles. The van der Waals surface area contributed by atoms with Crippen molar-refractivity contribution in [3.8, 4) is 11.5 Å². The Bertz CT molecular complexity index is 779. The number of halogens is 2. The molecule has 0 aliphatic heterocycles. The summed E-state index contributed by atoms with van der Waals surface area (Å²) in [6.07, 6.45) is 0. The maximum Gasteiger partial charge on any atom is 0.342 e. The lowest BCUT2D eigenvalue weighted by atomic mass is 10.2. The number of amides is 1. The number of carbonyl (C=O) groups is 2. The zero-order valence-electron chi connectivity index (χ0n) is 12.5. The molecule has 0 bridgehead atoms. The Morgan fingerprint density at radius 1 is 1.17 bits per heavy atom. The predicted molar refractivity (Wildman–Crippen MR) is 90.0 cm³/mol. The summed E-state index contributed by atoms with van der Waals surface area (Å²) in [7, 11) is 1.35. The van der Waals surface area contributed by atoms with Crippen molar-refractivity contribution in [3.63, 3.8) is 0 Å². The van der Waals surface area contributed by atoms with Gasteiger partial charge in [0.05, 0.1) is 22.8 Å². The molecular weight excluding hydrogens is 357 g/mol. The Labute approximate surface area is 147 Å². The van der Waals surface area contributed by atoms with Crippen LogP contribution in [-0.2, 0) is 9.53 Å². The van der Waals surface area contributed by atoms with Crippen LogP contribution in [0.3, 0.4) is 0 Å². The first-order valence-corrected chi connectivity index (χ1v) is 7.46. The molecule has 6 nitrogen and oxygen atoms in total. The lowest BCUT2D eigenvalue weighted by Gasteiger charge is -2.10. The molecule has 0 radical (unpaired) electrons. The number of phenolic OH excluding ortho intramolecular Hbond substituents is 1. The van der Waals surface area contributed by atoms with Crippen LogP contribution in [0.5, 0.6) is 11.5 Å². The van der Waals surface area contributed by atoms with Crippen molar-refractivity contribution in [2.24, 2.45) is 0 Å². The maximum absolute atomic E-state index is 11.9. The molecule has 126 valence electrons. The van der Waals surface area contributed by atoms with E-state index in [9.17, 15) is 14.7 Å². The van der Waals surface area contributed by atoms with E-state index in [4.69, 9.17) is 32.7 Å². The largest absolute Gasteiger partial charge is 0.504 e. The number of para-hydroxylation sites is 1. The van der Waals surface area contributed by atoms with Crippen molar-refractivity contribution in [3.05, 3.63) is 52.0 Å². The SMILES string of the molecule is COc1cccc(C(=O)OCC(=O)Nc2cccc(Cl)c2Cl)c1O. The fourth-order valence-corrected chi connectivity index (χ4v) is 2.20. The van der Waals surface area contributed by atoms with E-state index in [2.05, 4.69) is 5.32 Å². The number of rotatable bonds is 5. The Morgan fingerprint density at radius 3 is 2.58 bits per heavy atom. The van der Waals surface area contributed by atoms with Crippen LogP contribution < -0.4 is 10.1 Å². The van der Waals surface area contributed by atoms with Gasteiger partial charge in [0.1, 0.15) is 5.56 Å². The molecule has 0 saturated carbocycles. The van der Waals surface area contributed by atoms with Gasteiger partial charge in [-0.3, -0.25) is 4.79 Å². The van der Waals surface area contributed by atoms with Crippen LogP contribution in [0.4, 0.5) is 5.69 Å². The molecule has 0 aliphatic carbocycles. The van der Waals surface area contributed by atoms with Gasteiger partial charge in [-0.25, -0.2) is 4.79 Å². The average molecular weight is 370 g/mol. The highest BCUT2D eigenvalue weighted by molar-refractivity contribution is 6.44. The number of esters is 1. The predicted octanol–water partition coefficient (Wildman–Crippen LogP) is 3.50. The van der Waals surface area contributed by atoms with Crippen LogP contribution in [0, 0.1) is 0 Å². The molecule has 0 heterocycles. The third kappa shape index (κ3) is 4.10. The van der Waals surface area contributed by atoms with Gasteiger partial charge >= 0.3 is 5.97 Å². The van der Waals surface area contributed by atoms with Gasteiger partial charge in [0.15, 0.2) is 18.1 Å². The Balaban J connectivity index is 1.99. The molecular formula is C16H13Cl2NO5. The first kappa shape index (κ1) is 17.9. The number of phenols is 1. The monoisotopic (exact) mass is 369 g/mol. The first-order valence-electron chi connectivity index (χ1n) is 6.71. The summed E-state index contributed by atoms with van der Waals surface area (Å²) in [5.74, 6) is -1.70. The van der Waals surface area contributed by atoms with Gasteiger partial charge in [-0.05, 0) is 24.3 Å². The van der Waals surface area contributed by atoms with Crippen molar-refractivity contribution >= 4 is 40.8 Å². The van der Waals surface area contributed by atoms with Crippen LogP contribution in [0.15, 0.2) is 36.4 Å². The topological polar surface area (TPSA) is 84.9 Å². The van der Waals surface area contributed by atoms with Crippen LogP contribution in [0.1, 0.15) is 10.4 Å². The van der Waals surface area contributed by atoms with Crippen molar-refractivity contribution in [2.45, 2.75) is 0 Å². The van der Waals surface area contributed by atoms with E-state index >= 15 is 0 Å². The highest BCUT2D eigenvalue weighted by Gasteiger charge is 2.17. The lowest BCUT2D eigenvalue weighted by molar-refractivity contribution is -0.119. The fourth-order valence-electron chi connectivity index (χ4n) is 1.85. The highest BCUT2D eigenvalue weighted by atomic mass is 35.5. The molecule has 0 saturated heterocycles. The van der Waals surface area contributed by atoms with E-state index in [0.29, 0.717) is 5.69 Å². The molecule has 2 rings (SSSR count). The summed E-state index contributed by atoms with van der Waals surface area (Å²) in [4.78, 5) is 23.8. The number of anilines is 1. The van der Waals surface area contributed by atoms with E-state index in [0.717, 1.165) is 0 Å². The van der Waals surface area contributed by atoms with Gasteiger partial charge in [-0.2, -0.15) is 0 Å². The molecule has 0 aromatic heterocycles. The van der Waals surface area contributed by atoms with Crippen LogP contribution in [0.2, 0.25) is 10.0 Å². The number of benzene rings is 2. The van der Waals surface area contributed by atoms with Crippen LogP contribution in [0.25, 0.3) is 0 Å². The number of carbonyl (C=O) groups excluding carboxylic acids is 2. The number of methoxy groups -OCH3 is 1. The minimum absolute atomic E-state index is 0.108. The molecule has 0 spiro atoms. The number of hydrogen-bond acceptors (Lipinski definition) is 5. The minimum Gasteiger partial charge on any atom is -0.504 e. The molecule has 8 heteroatoms. The Morgan fingerprint density at radius 2 is 1.88 bits per heavy atom. The second-order valence-corrected chi connectivity index (χ2v) is 5.37. The maximum atomic E-state index is 11.9. The first-order chi connectivity index (χ1) is 11.4. The molecule has 0 unspecified atom stereocenters. The summed E-state index contributed by atoms with van der Waals surface area (Å²) in [5, 5.41) is 12.8. The van der Waals surface area contributed by atoms with Gasteiger partial charge in [-0.15, -0.1) is 0 Å². The smallest absolute Gasteiger partial charge is 0.342 e. The normalized spacial score (nSPS) is 10.1. The van der Waals surface area contributed by atoms with Crippen molar-refractivity contribution in [1.29, 1.82) is 0 Å². The van der Waals surface area contributed by atoms with Crippen molar-refractivity contribution in [2.75, 3.05) is 19.0 Å². The summed E-state index contributed by atoms with van der Waals surface area (Å²) in [6, 6.07) is 9.10. The molecule has 0 aliphatic rings. The molecule has 0 fully saturated rings. The van der Waals surface area contributed by atoms with Gasteiger partial charge in [0.25, 0.3) is 5.91 Å². The average Bonchev–Trinajstić information content (AvgIpc) is 2.57. The molecule has 1 amide bonds. The van der Waals surface area contributed by atoms with E-state index in [1.165, 1.54) is 25.3 Å². The third-order valence-electron chi connectivity index (χ3n) is 3.00. The fraction of sp³-hybridized carbons (Fsp3) is 0.125. The quantitative estimate of drug-likeness (QED) is 0.787. The molecule has 2 N–H and O–H groups in total. The summed E-state index contributed by atoms with van der Waals surface area (Å²) < 4.78 is 9.77. The molecule has 0 atom stereocenters. The second-order valence-electron chi connectivity index (χ2n) is 4.58. The lowest BCUT2D eigenvalue weighted by Crippen LogP contribution is -2.21. The second kappa shape index (κ2) is 7.90. The highest BCUT2D eigenvalue weighted by Crippen LogP contribution is 2.30. The minimum atomic E-state index is -0.862. The summed E-state index contributed by atoms with van der Waals surface area (Å²) >= 11 is 11.8. The van der Waals surface area contributed by atoms with Gasteiger partial charge < -0.3 is 19.9 Å². The zero-order chi connectivity index (χ0) is 17.7. The molecule has 2 aromatic rings. The number of nitrogens with one attached hydrogen (secondary N) is 1. The van der Waals surface area contributed by atoms with E-state index < -0.39 is 18.5 Å². The van der Waals surface area contributed by atoms with Crippen molar-refractivity contribution < 1.29 is 24.2 Å². The number of hydrogen-bond donors (Lipinski definition) is 2. The number of ether oxygens (including phenoxy) is 2. The molecule has 24 heavy (non-hydrogen) atoms. The van der Waals surface area contributed by atoms with Crippen LogP contribution >= 0.6 is 23.2 Å². The van der Waals surface area contributed by atoms with E-state index in [1.807, 2.05) is 0 Å². The number of aromatic hydroxyl groups is 1. The van der Waals surface area contributed by atoms with Gasteiger partial charge in [0, 0.05) is 0 Å². The van der Waals surface area contributed by atoms with Gasteiger partial charge in [-0.1, -0.05) is 35.3 Å². The van der Waals surface area contributed by atoms with E-state index in [1.54, 1.807) is 18.2 Å².